The number of halogens is 1. The number of rotatable bonds is 2. The summed E-state index contributed by atoms with van der Waals surface area (Å²) >= 11 is 0. The van der Waals surface area contributed by atoms with Gasteiger partial charge in [-0.15, -0.1) is 5.10 Å². The molecule has 0 spiro atoms. The maximum atomic E-state index is 13.9. The van der Waals surface area contributed by atoms with E-state index in [1.54, 1.807) is 36.6 Å². The summed E-state index contributed by atoms with van der Waals surface area (Å²) in [6.07, 6.45) is 4.23. The van der Waals surface area contributed by atoms with Crippen molar-refractivity contribution in [2.24, 2.45) is 0 Å². The zero-order valence-electron chi connectivity index (χ0n) is 11.3. The zero-order valence-corrected chi connectivity index (χ0v) is 11.3. The molecular formula is C15H10FN5O. The molecule has 0 radical (unpaired) electrons. The van der Waals surface area contributed by atoms with Crippen molar-refractivity contribution in [1.82, 2.24) is 19.6 Å². The first-order valence-electron chi connectivity index (χ1n) is 6.52. The van der Waals surface area contributed by atoms with E-state index in [0.29, 0.717) is 34.2 Å². The first kappa shape index (κ1) is 12.5. The largest absolute Gasteiger partial charge is 0.461 e. The second-order valence-electron chi connectivity index (χ2n) is 4.71. The summed E-state index contributed by atoms with van der Waals surface area (Å²) in [4.78, 5) is 8.11. The number of furan rings is 1. The van der Waals surface area contributed by atoms with Gasteiger partial charge in [0.1, 0.15) is 11.6 Å². The number of aromatic nitrogens is 4. The van der Waals surface area contributed by atoms with E-state index in [-0.39, 0.29) is 0 Å². The van der Waals surface area contributed by atoms with Crippen molar-refractivity contribution in [3.05, 3.63) is 54.8 Å². The molecule has 0 aliphatic rings. The molecule has 0 aliphatic carbocycles. The van der Waals surface area contributed by atoms with E-state index in [9.17, 15) is 4.39 Å². The molecule has 4 rings (SSSR count). The van der Waals surface area contributed by atoms with Gasteiger partial charge in [0, 0.05) is 11.8 Å². The maximum Gasteiger partial charge on any atom is 0.217 e. The van der Waals surface area contributed by atoms with Crippen molar-refractivity contribution in [3.8, 4) is 22.7 Å². The Morgan fingerprint density at radius 1 is 1.23 bits per heavy atom. The predicted molar refractivity (Wildman–Crippen MR) is 78.3 cm³/mol. The minimum atomic E-state index is -0.419. The summed E-state index contributed by atoms with van der Waals surface area (Å²) in [7, 11) is 0. The lowest BCUT2D eigenvalue weighted by Gasteiger charge is -2.05. The van der Waals surface area contributed by atoms with Crippen molar-refractivity contribution < 1.29 is 8.81 Å². The van der Waals surface area contributed by atoms with Gasteiger partial charge in [0.05, 0.1) is 12.5 Å². The van der Waals surface area contributed by atoms with Gasteiger partial charge in [-0.1, -0.05) is 0 Å². The summed E-state index contributed by atoms with van der Waals surface area (Å²) in [5, 5.41) is 4.29. The summed E-state index contributed by atoms with van der Waals surface area (Å²) in [5.41, 5.74) is 7.54. The third-order valence-corrected chi connectivity index (χ3v) is 3.29. The standard InChI is InChI=1S/C15H10FN5O/c16-11-8-18-4-3-10(11)9-6-13(17)21-14(7-9)19-15(20-21)12-2-1-5-22-12/h1-8H,17H2. The summed E-state index contributed by atoms with van der Waals surface area (Å²) in [6, 6.07) is 8.46. The van der Waals surface area contributed by atoms with Crippen LogP contribution < -0.4 is 5.73 Å². The predicted octanol–water partition coefficient (Wildman–Crippen LogP) is 2.77. The van der Waals surface area contributed by atoms with Crippen LogP contribution in [0.15, 0.2) is 53.4 Å². The van der Waals surface area contributed by atoms with E-state index in [0.717, 1.165) is 6.20 Å². The van der Waals surface area contributed by atoms with Gasteiger partial charge in [0.15, 0.2) is 11.4 Å². The molecule has 22 heavy (non-hydrogen) atoms. The highest BCUT2D eigenvalue weighted by molar-refractivity contribution is 5.71. The Labute approximate surface area is 124 Å². The van der Waals surface area contributed by atoms with Gasteiger partial charge in [-0.25, -0.2) is 9.37 Å². The van der Waals surface area contributed by atoms with E-state index < -0.39 is 5.82 Å². The van der Waals surface area contributed by atoms with E-state index in [2.05, 4.69) is 15.1 Å². The van der Waals surface area contributed by atoms with Crippen molar-refractivity contribution in [2.75, 3.05) is 5.73 Å². The van der Waals surface area contributed by atoms with Gasteiger partial charge in [-0.2, -0.15) is 4.52 Å². The van der Waals surface area contributed by atoms with E-state index >= 15 is 0 Å². The SMILES string of the molecule is Nc1cc(-c2ccncc2F)cc2nc(-c3ccco3)nn12. The molecule has 0 unspecified atom stereocenters. The fourth-order valence-corrected chi connectivity index (χ4v) is 2.28. The van der Waals surface area contributed by atoms with Gasteiger partial charge in [-0.05, 0) is 35.9 Å². The number of fused-ring (bicyclic) bond motifs is 1. The molecule has 7 heteroatoms. The second kappa shape index (κ2) is 4.66. The smallest absolute Gasteiger partial charge is 0.217 e. The summed E-state index contributed by atoms with van der Waals surface area (Å²) < 4.78 is 20.6. The third kappa shape index (κ3) is 1.91. The van der Waals surface area contributed by atoms with Gasteiger partial charge < -0.3 is 10.2 Å². The van der Waals surface area contributed by atoms with Crippen LogP contribution in [0.25, 0.3) is 28.4 Å². The second-order valence-corrected chi connectivity index (χ2v) is 4.71. The zero-order chi connectivity index (χ0) is 15.1. The maximum absolute atomic E-state index is 13.9. The fourth-order valence-electron chi connectivity index (χ4n) is 2.28. The fraction of sp³-hybridized carbons (Fsp3) is 0. The van der Waals surface area contributed by atoms with E-state index in [1.807, 2.05) is 0 Å². The Balaban J connectivity index is 1.91. The number of anilines is 1. The Kier molecular flexibility index (Phi) is 2.65. The van der Waals surface area contributed by atoms with Crippen molar-refractivity contribution >= 4 is 11.5 Å². The number of hydrogen-bond donors (Lipinski definition) is 1. The summed E-state index contributed by atoms with van der Waals surface area (Å²) in [6.45, 7) is 0. The van der Waals surface area contributed by atoms with Crippen molar-refractivity contribution in [1.29, 1.82) is 0 Å². The normalized spacial score (nSPS) is 11.1. The lowest BCUT2D eigenvalue weighted by molar-refractivity contribution is 0.577. The number of hydrogen-bond acceptors (Lipinski definition) is 5. The van der Waals surface area contributed by atoms with Gasteiger partial charge in [-0.3, -0.25) is 4.98 Å². The lowest BCUT2D eigenvalue weighted by Crippen LogP contribution is -1.99. The Bertz CT molecular complexity index is 961. The molecule has 108 valence electrons. The Morgan fingerprint density at radius 2 is 2.14 bits per heavy atom. The molecule has 0 saturated carbocycles. The van der Waals surface area contributed by atoms with Gasteiger partial charge >= 0.3 is 0 Å². The third-order valence-electron chi connectivity index (χ3n) is 3.29. The molecule has 0 amide bonds. The van der Waals surface area contributed by atoms with Gasteiger partial charge in [0.2, 0.25) is 5.82 Å². The molecule has 6 nitrogen and oxygen atoms in total. The number of nitrogens with two attached hydrogens (primary N) is 1. The van der Waals surface area contributed by atoms with Crippen LogP contribution in [0.4, 0.5) is 10.2 Å². The minimum Gasteiger partial charge on any atom is -0.461 e. The first-order valence-corrected chi connectivity index (χ1v) is 6.52. The molecule has 0 bridgehead atoms. The van der Waals surface area contributed by atoms with Crippen LogP contribution in [-0.2, 0) is 0 Å². The molecule has 4 heterocycles. The average Bonchev–Trinajstić information content (AvgIpc) is 3.16. The van der Waals surface area contributed by atoms with Crippen LogP contribution in [0.5, 0.6) is 0 Å². The number of pyridine rings is 2. The lowest BCUT2D eigenvalue weighted by atomic mass is 10.1. The molecule has 0 saturated heterocycles. The van der Waals surface area contributed by atoms with Crippen LogP contribution in [0.1, 0.15) is 0 Å². The van der Waals surface area contributed by atoms with Crippen molar-refractivity contribution in [3.63, 3.8) is 0 Å². The van der Waals surface area contributed by atoms with E-state index in [4.69, 9.17) is 10.2 Å². The molecule has 2 N–H and O–H groups in total. The average molecular weight is 295 g/mol. The molecule has 0 fully saturated rings. The first-order chi connectivity index (χ1) is 10.7. The molecule has 0 aromatic carbocycles. The molecule has 0 atom stereocenters. The Morgan fingerprint density at radius 3 is 2.91 bits per heavy atom. The van der Waals surface area contributed by atoms with Crippen LogP contribution in [-0.4, -0.2) is 19.6 Å². The highest BCUT2D eigenvalue weighted by atomic mass is 19.1. The molecule has 4 aromatic rings. The molecular weight excluding hydrogens is 285 g/mol. The topological polar surface area (TPSA) is 82.2 Å². The van der Waals surface area contributed by atoms with E-state index in [1.165, 1.54) is 10.7 Å². The number of nitrogens with zero attached hydrogens (tertiary/aromatic N) is 4. The highest BCUT2D eigenvalue weighted by Gasteiger charge is 2.13. The van der Waals surface area contributed by atoms with Crippen LogP contribution in [0, 0.1) is 5.82 Å². The number of nitrogen functional groups attached to an aromatic ring is 1. The molecule has 0 aliphatic heterocycles. The van der Waals surface area contributed by atoms with Crippen molar-refractivity contribution in [2.45, 2.75) is 0 Å². The Hall–Kier alpha value is -3.22. The summed E-state index contributed by atoms with van der Waals surface area (Å²) in [5.74, 6) is 0.898. The van der Waals surface area contributed by atoms with Crippen LogP contribution in [0.3, 0.4) is 0 Å². The minimum absolute atomic E-state index is 0.356. The van der Waals surface area contributed by atoms with Crippen LogP contribution >= 0.6 is 0 Å². The molecule has 4 aromatic heterocycles. The highest BCUT2D eigenvalue weighted by Crippen LogP contribution is 2.26. The van der Waals surface area contributed by atoms with Gasteiger partial charge in [0.25, 0.3) is 0 Å². The quantitative estimate of drug-likeness (QED) is 0.615. The monoisotopic (exact) mass is 295 g/mol. The van der Waals surface area contributed by atoms with Crippen LogP contribution in [0.2, 0.25) is 0 Å².